The predicted molar refractivity (Wildman–Crippen MR) is 68.6 cm³/mol. The number of nitrogen functional groups attached to an aromatic ring is 1. The van der Waals surface area contributed by atoms with Crippen LogP contribution >= 0.6 is 0 Å². The molecule has 0 spiro atoms. The highest BCUT2D eigenvalue weighted by Gasteiger charge is 2.14. The van der Waals surface area contributed by atoms with Gasteiger partial charge in [0.05, 0.1) is 17.9 Å². The van der Waals surface area contributed by atoms with Crippen LogP contribution in [0.4, 0.5) is 11.4 Å². The number of nitrogens with two attached hydrogens (primary N) is 2. The number of hydrogen-bond donors (Lipinski definition) is 3. The van der Waals surface area contributed by atoms with Crippen molar-refractivity contribution in [2.75, 3.05) is 11.1 Å². The van der Waals surface area contributed by atoms with Crippen LogP contribution in [-0.2, 0) is 16.6 Å². The molecule has 19 heavy (non-hydrogen) atoms. The fourth-order valence-electron chi connectivity index (χ4n) is 1.53. The van der Waals surface area contributed by atoms with Crippen molar-refractivity contribution in [3.63, 3.8) is 0 Å². The maximum atomic E-state index is 11.3. The number of nitrogens with zero attached hydrogens (tertiary/aromatic N) is 2. The number of benzene rings is 1. The molecule has 1 heterocycles. The number of primary sulfonamides is 1. The molecule has 0 aliphatic heterocycles. The molecule has 0 saturated carbocycles. The standard InChI is InChI=1S/C10H13N5O3S/c1-6-14-9(15-18-6)5-13-7-3-2-4-8(10(7)11)19(12,16)17/h2-4,13H,5,11H2,1H3,(H2,12,16,17). The average Bonchev–Trinajstić information content (AvgIpc) is 2.72. The fourth-order valence-corrected chi connectivity index (χ4v) is 2.22. The van der Waals surface area contributed by atoms with Crippen molar-refractivity contribution in [2.45, 2.75) is 18.4 Å². The van der Waals surface area contributed by atoms with E-state index < -0.39 is 10.0 Å². The number of rotatable bonds is 4. The quantitative estimate of drug-likeness (QED) is 0.682. The van der Waals surface area contributed by atoms with Crippen LogP contribution in [0.3, 0.4) is 0 Å². The first-order valence-corrected chi connectivity index (χ1v) is 6.87. The molecule has 0 atom stereocenters. The van der Waals surface area contributed by atoms with Crippen LogP contribution in [-0.4, -0.2) is 18.6 Å². The lowest BCUT2D eigenvalue weighted by atomic mass is 10.2. The molecule has 0 fully saturated rings. The summed E-state index contributed by atoms with van der Waals surface area (Å²) in [6, 6.07) is 4.52. The molecule has 0 radical (unpaired) electrons. The second kappa shape index (κ2) is 4.86. The van der Waals surface area contributed by atoms with Gasteiger partial charge in [0.25, 0.3) is 0 Å². The third-order valence-corrected chi connectivity index (χ3v) is 3.35. The zero-order chi connectivity index (χ0) is 14.0. The van der Waals surface area contributed by atoms with Crippen molar-refractivity contribution < 1.29 is 12.9 Å². The predicted octanol–water partition coefficient (Wildman–Crippen LogP) is 0.220. The summed E-state index contributed by atoms with van der Waals surface area (Å²) in [5.74, 6) is 0.890. The fraction of sp³-hybridized carbons (Fsp3) is 0.200. The summed E-state index contributed by atoms with van der Waals surface area (Å²) in [5, 5.41) is 11.7. The molecule has 0 unspecified atom stereocenters. The highest BCUT2D eigenvalue weighted by atomic mass is 32.2. The van der Waals surface area contributed by atoms with E-state index in [1.54, 1.807) is 19.1 Å². The Morgan fingerprint density at radius 3 is 2.74 bits per heavy atom. The summed E-state index contributed by atoms with van der Waals surface area (Å²) in [7, 11) is -3.85. The van der Waals surface area contributed by atoms with E-state index in [2.05, 4.69) is 15.5 Å². The molecule has 1 aromatic heterocycles. The summed E-state index contributed by atoms with van der Waals surface area (Å²) >= 11 is 0. The van der Waals surface area contributed by atoms with Crippen LogP contribution in [0.25, 0.3) is 0 Å². The molecule has 8 nitrogen and oxygen atoms in total. The smallest absolute Gasteiger partial charge is 0.240 e. The minimum absolute atomic E-state index is 0.0604. The summed E-state index contributed by atoms with van der Waals surface area (Å²) in [5.41, 5.74) is 6.25. The van der Waals surface area contributed by atoms with Crippen LogP contribution in [0.1, 0.15) is 11.7 Å². The number of para-hydroxylation sites is 1. The first kappa shape index (κ1) is 13.3. The first-order chi connectivity index (χ1) is 8.88. The minimum atomic E-state index is -3.85. The Bertz CT molecular complexity index is 695. The lowest BCUT2D eigenvalue weighted by Crippen LogP contribution is -2.15. The maximum Gasteiger partial charge on any atom is 0.240 e. The Balaban J connectivity index is 2.22. The average molecular weight is 283 g/mol. The summed E-state index contributed by atoms with van der Waals surface area (Å²) in [6.07, 6.45) is 0. The summed E-state index contributed by atoms with van der Waals surface area (Å²) < 4.78 is 27.4. The van der Waals surface area contributed by atoms with Crippen molar-refractivity contribution in [2.24, 2.45) is 5.14 Å². The van der Waals surface area contributed by atoms with Gasteiger partial charge in [-0.1, -0.05) is 11.2 Å². The summed E-state index contributed by atoms with van der Waals surface area (Å²) in [4.78, 5) is 3.88. The van der Waals surface area contributed by atoms with Gasteiger partial charge in [0.2, 0.25) is 15.9 Å². The van der Waals surface area contributed by atoms with Gasteiger partial charge in [-0.2, -0.15) is 4.98 Å². The van der Waals surface area contributed by atoms with Crippen LogP contribution in [0.5, 0.6) is 0 Å². The maximum absolute atomic E-state index is 11.3. The van der Waals surface area contributed by atoms with Crippen molar-refractivity contribution in [3.8, 4) is 0 Å². The molecule has 1 aromatic carbocycles. The summed E-state index contributed by atoms with van der Waals surface area (Å²) in [6.45, 7) is 1.93. The van der Waals surface area contributed by atoms with E-state index in [0.717, 1.165) is 0 Å². The normalized spacial score (nSPS) is 11.5. The molecular weight excluding hydrogens is 270 g/mol. The van der Waals surface area contributed by atoms with Gasteiger partial charge < -0.3 is 15.6 Å². The Hall–Kier alpha value is -2.13. The molecule has 9 heteroatoms. The highest BCUT2D eigenvalue weighted by molar-refractivity contribution is 7.89. The van der Waals surface area contributed by atoms with Crippen molar-refractivity contribution in [3.05, 3.63) is 29.9 Å². The molecule has 102 valence electrons. The van der Waals surface area contributed by atoms with Gasteiger partial charge in [0, 0.05) is 6.92 Å². The van der Waals surface area contributed by atoms with Crippen molar-refractivity contribution >= 4 is 21.4 Å². The Labute approximate surface area is 109 Å². The van der Waals surface area contributed by atoms with Gasteiger partial charge in [-0.15, -0.1) is 0 Å². The van der Waals surface area contributed by atoms with Crippen LogP contribution in [0, 0.1) is 6.92 Å². The van der Waals surface area contributed by atoms with Gasteiger partial charge in [0.15, 0.2) is 5.82 Å². The van der Waals surface area contributed by atoms with E-state index in [9.17, 15) is 8.42 Å². The molecular formula is C10H13N5O3S. The zero-order valence-electron chi connectivity index (χ0n) is 10.1. The lowest BCUT2D eigenvalue weighted by Gasteiger charge is -2.10. The van der Waals surface area contributed by atoms with E-state index in [1.165, 1.54) is 6.07 Å². The molecule has 2 aromatic rings. The van der Waals surface area contributed by atoms with Gasteiger partial charge in [0.1, 0.15) is 4.90 Å². The first-order valence-electron chi connectivity index (χ1n) is 5.32. The van der Waals surface area contributed by atoms with Gasteiger partial charge in [-0.3, -0.25) is 0 Å². The largest absolute Gasteiger partial charge is 0.396 e. The zero-order valence-corrected chi connectivity index (χ0v) is 10.9. The van der Waals surface area contributed by atoms with E-state index in [-0.39, 0.29) is 17.1 Å². The minimum Gasteiger partial charge on any atom is -0.396 e. The topological polar surface area (TPSA) is 137 Å². The Morgan fingerprint density at radius 1 is 1.42 bits per heavy atom. The number of hydrogen-bond acceptors (Lipinski definition) is 7. The van der Waals surface area contributed by atoms with E-state index in [4.69, 9.17) is 15.4 Å². The number of aryl methyl sites for hydroxylation is 1. The second-order valence-electron chi connectivity index (χ2n) is 3.85. The highest BCUT2D eigenvalue weighted by Crippen LogP contribution is 2.25. The van der Waals surface area contributed by atoms with Crippen LogP contribution in [0.2, 0.25) is 0 Å². The molecule has 0 bridgehead atoms. The third-order valence-electron chi connectivity index (χ3n) is 2.38. The van der Waals surface area contributed by atoms with Crippen LogP contribution in [0.15, 0.2) is 27.6 Å². The monoisotopic (exact) mass is 283 g/mol. The number of nitrogens with one attached hydrogen (secondary N) is 1. The van der Waals surface area contributed by atoms with Gasteiger partial charge in [-0.25, -0.2) is 13.6 Å². The molecule has 0 aliphatic carbocycles. The molecule has 2 rings (SSSR count). The molecule has 0 saturated heterocycles. The SMILES string of the molecule is Cc1nc(CNc2cccc(S(N)(=O)=O)c2N)no1. The lowest BCUT2D eigenvalue weighted by molar-refractivity contribution is 0.388. The van der Waals surface area contributed by atoms with E-state index in [0.29, 0.717) is 17.4 Å². The van der Waals surface area contributed by atoms with E-state index >= 15 is 0 Å². The number of sulfonamides is 1. The van der Waals surface area contributed by atoms with Gasteiger partial charge >= 0.3 is 0 Å². The molecule has 0 amide bonds. The number of aromatic nitrogens is 2. The second-order valence-corrected chi connectivity index (χ2v) is 5.38. The van der Waals surface area contributed by atoms with Crippen molar-refractivity contribution in [1.82, 2.24) is 10.1 Å². The Kier molecular flexibility index (Phi) is 3.40. The van der Waals surface area contributed by atoms with Gasteiger partial charge in [-0.05, 0) is 12.1 Å². The van der Waals surface area contributed by atoms with Crippen LogP contribution < -0.4 is 16.2 Å². The molecule has 5 N–H and O–H groups in total. The third kappa shape index (κ3) is 3.01. The number of anilines is 2. The molecule has 0 aliphatic rings. The van der Waals surface area contributed by atoms with Crippen molar-refractivity contribution in [1.29, 1.82) is 0 Å². The van der Waals surface area contributed by atoms with E-state index in [1.807, 2.05) is 0 Å². The Morgan fingerprint density at radius 2 is 2.16 bits per heavy atom.